The fourth-order valence-electron chi connectivity index (χ4n) is 1.42. The molecule has 0 aliphatic carbocycles. The SMILES string of the molecule is CC(=O)Nc1cc(C(F)(F)F)cc(C(=O)O)c1C. The maximum Gasteiger partial charge on any atom is 0.416 e. The first kappa shape index (κ1) is 14.0. The Kier molecular flexibility index (Phi) is 3.64. The number of benzene rings is 1. The third kappa shape index (κ3) is 2.99. The standard InChI is InChI=1S/C11H10F3NO3/c1-5-8(10(17)18)3-7(11(12,13)14)4-9(5)15-6(2)16/h3-4H,1-2H3,(H,15,16)(H,17,18). The average Bonchev–Trinajstić information content (AvgIpc) is 2.18. The lowest BCUT2D eigenvalue weighted by Crippen LogP contribution is -2.14. The predicted octanol–water partition coefficient (Wildman–Crippen LogP) is 2.67. The van der Waals surface area contributed by atoms with Crippen LogP contribution in [0.4, 0.5) is 18.9 Å². The van der Waals surface area contributed by atoms with Crippen molar-refractivity contribution in [2.45, 2.75) is 20.0 Å². The zero-order valence-corrected chi connectivity index (χ0v) is 9.55. The molecule has 0 fully saturated rings. The number of carbonyl (C=O) groups excluding carboxylic acids is 1. The van der Waals surface area contributed by atoms with Crippen LogP contribution in [-0.2, 0) is 11.0 Å². The van der Waals surface area contributed by atoms with Crippen molar-refractivity contribution < 1.29 is 27.9 Å². The summed E-state index contributed by atoms with van der Waals surface area (Å²) in [7, 11) is 0. The van der Waals surface area contributed by atoms with Gasteiger partial charge >= 0.3 is 12.1 Å². The molecule has 1 rings (SSSR count). The highest BCUT2D eigenvalue weighted by atomic mass is 19.4. The number of rotatable bonds is 2. The van der Waals surface area contributed by atoms with Gasteiger partial charge < -0.3 is 10.4 Å². The van der Waals surface area contributed by atoms with Gasteiger partial charge in [-0.3, -0.25) is 4.79 Å². The van der Waals surface area contributed by atoms with E-state index in [0.29, 0.717) is 12.1 Å². The molecule has 0 aliphatic heterocycles. The minimum absolute atomic E-state index is 0.0747. The van der Waals surface area contributed by atoms with E-state index in [-0.39, 0.29) is 11.3 Å². The molecule has 1 aromatic carbocycles. The summed E-state index contributed by atoms with van der Waals surface area (Å²) in [5.41, 5.74) is -1.69. The number of carboxylic acid groups (broad SMARTS) is 1. The Morgan fingerprint density at radius 3 is 2.22 bits per heavy atom. The summed E-state index contributed by atoms with van der Waals surface area (Å²) in [5.74, 6) is -2.06. The van der Waals surface area contributed by atoms with Gasteiger partial charge in [-0.2, -0.15) is 13.2 Å². The molecule has 0 radical (unpaired) electrons. The molecule has 18 heavy (non-hydrogen) atoms. The first-order valence-electron chi connectivity index (χ1n) is 4.85. The van der Waals surface area contributed by atoms with Crippen LogP contribution in [0.2, 0.25) is 0 Å². The monoisotopic (exact) mass is 261 g/mol. The number of hydrogen-bond donors (Lipinski definition) is 2. The van der Waals surface area contributed by atoms with Crippen LogP contribution in [0.5, 0.6) is 0 Å². The molecule has 0 aromatic heterocycles. The van der Waals surface area contributed by atoms with E-state index in [2.05, 4.69) is 5.32 Å². The van der Waals surface area contributed by atoms with Gasteiger partial charge in [-0.15, -0.1) is 0 Å². The van der Waals surface area contributed by atoms with Crippen LogP contribution in [0.15, 0.2) is 12.1 Å². The lowest BCUT2D eigenvalue weighted by molar-refractivity contribution is -0.137. The van der Waals surface area contributed by atoms with Crippen molar-refractivity contribution in [2.24, 2.45) is 0 Å². The van der Waals surface area contributed by atoms with Gasteiger partial charge in [0.2, 0.25) is 5.91 Å². The third-order valence-corrected chi connectivity index (χ3v) is 2.28. The van der Waals surface area contributed by atoms with Crippen molar-refractivity contribution in [2.75, 3.05) is 5.32 Å². The summed E-state index contributed by atoms with van der Waals surface area (Å²) in [6.07, 6.45) is -4.68. The number of anilines is 1. The molecule has 0 aliphatic rings. The van der Waals surface area contributed by atoms with Crippen LogP contribution >= 0.6 is 0 Å². The minimum Gasteiger partial charge on any atom is -0.478 e. The van der Waals surface area contributed by atoms with E-state index < -0.39 is 29.2 Å². The second-order valence-corrected chi connectivity index (χ2v) is 3.68. The second-order valence-electron chi connectivity index (χ2n) is 3.68. The van der Waals surface area contributed by atoms with Gasteiger partial charge in [0, 0.05) is 12.6 Å². The lowest BCUT2D eigenvalue weighted by atomic mass is 10.0. The van der Waals surface area contributed by atoms with E-state index >= 15 is 0 Å². The fourth-order valence-corrected chi connectivity index (χ4v) is 1.42. The van der Waals surface area contributed by atoms with Crippen LogP contribution in [0.1, 0.15) is 28.4 Å². The smallest absolute Gasteiger partial charge is 0.416 e. The molecule has 1 amide bonds. The Bertz CT molecular complexity index is 509. The molecule has 4 nitrogen and oxygen atoms in total. The number of amides is 1. The van der Waals surface area contributed by atoms with Crippen LogP contribution in [0.3, 0.4) is 0 Å². The topological polar surface area (TPSA) is 66.4 Å². The molecule has 0 bridgehead atoms. The number of hydrogen-bond acceptors (Lipinski definition) is 2. The molecule has 0 spiro atoms. The molecular formula is C11H10F3NO3. The Hall–Kier alpha value is -2.05. The first-order chi connectivity index (χ1) is 8.12. The number of aromatic carboxylic acids is 1. The maximum absolute atomic E-state index is 12.6. The molecule has 0 saturated heterocycles. The van der Waals surface area contributed by atoms with Gasteiger partial charge in [0.05, 0.1) is 11.1 Å². The summed E-state index contributed by atoms with van der Waals surface area (Å²) >= 11 is 0. The van der Waals surface area contributed by atoms with E-state index in [1.807, 2.05) is 0 Å². The lowest BCUT2D eigenvalue weighted by Gasteiger charge is -2.14. The maximum atomic E-state index is 12.6. The molecule has 1 aromatic rings. The highest BCUT2D eigenvalue weighted by Gasteiger charge is 2.32. The molecule has 0 saturated carbocycles. The van der Waals surface area contributed by atoms with Crippen molar-refractivity contribution in [1.82, 2.24) is 0 Å². The highest BCUT2D eigenvalue weighted by molar-refractivity contribution is 5.95. The van der Waals surface area contributed by atoms with E-state index in [9.17, 15) is 22.8 Å². The molecule has 2 N–H and O–H groups in total. The molecule has 0 heterocycles. The van der Waals surface area contributed by atoms with Gasteiger partial charge in [0.25, 0.3) is 0 Å². The molecular weight excluding hydrogens is 251 g/mol. The molecule has 98 valence electrons. The quantitative estimate of drug-likeness (QED) is 0.860. The Morgan fingerprint density at radius 2 is 1.83 bits per heavy atom. The van der Waals surface area contributed by atoms with Gasteiger partial charge in [-0.25, -0.2) is 4.79 Å². The summed E-state index contributed by atoms with van der Waals surface area (Å²) in [6.45, 7) is 2.45. The van der Waals surface area contributed by atoms with Crippen molar-refractivity contribution in [1.29, 1.82) is 0 Å². The summed E-state index contributed by atoms with van der Waals surface area (Å²) in [4.78, 5) is 21.7. The number of alkyl halides is 3. The number of halogens is 3. The highest BCUT2D eigenvalue weighted by Crippen LogP contribution is 2.34. The van der Waals surface area contributed by atoms with E-state index in [0.717, 1.165) is 6.92 Å². The summed E-state index contributed by atoms with van der Waals surface area (Å²) < 4.78 is 37.7. The predicted molar refractivity (Wildman–Crippen MR) is 57.4 cm³/mol. The second kappa shape index (κ2) is 4.67. The van der Waals surface area contributed by atoms with Crippen LogP contribution in [0.25, 0.3) is 0 Å². The van der Waals surface area contributed by atoms with E-state index in [1.165, 1.54) is 6.92 Å². The van der Waals surface area contributed by atoms with Gasteiger partial charge in [-0.1, -0.05) is 0 Å². The van der Waals surface area contributed by atoms with Crippen LogP contribution in [-0.4, -0.2) is 17.0 Å². The molecule has 7 heteroatoms. The van der Waals surface area contributed by atoms with Crippen molar-refractivity contribution in [3.8, 4) is 0 Å². The Morgan fingerprint density at radius 1 is 1.28 bits per heavy atom. The number of carboxylic acids is 1. The minimum atomic E-state index is -4.68. The summed E-state index contributed by atoms with van der Waals surface area (Å²) in [5, 5.41) is 11.0. The third-order valence-electron chi connectivity index (χ3n) is 2.28. The van der Waals surface area contributed by atoms with E-state index in [4.69, 9.17) is 5.11 Å². The fraction of sp³-hybridized carbons (Fsp3) is 0.273. The molecule has 0 atom stereocenters. The largest absolute Gasteiger partial charge is 0.478 e. The van der Waals surface area contributed by atoms with Crippen molar-refractivity contribution in [3.63, 3.8) is 0 Å². The Labute approximate surface area is 100 Å². The zero-order valence-electron chi connectivity index (χ0n) is 9.55. The van der Waals surface area contributed by atoms with E-state index in [1.54, 1.807) is 0 Å². The zero-order chi connectivity index (χ0) is 14.1. The average molecular weight is 261 g/mol. The number of nitrogens with one attached hydrogen (secondary N) is 1. The normalized spacial score (nSPS) is 11.2. The first-order valence-corrected chi connectivity index (χ1v) is 4.85. The number of carbonyl (C=O) groups is 2. The summed E-state index contributed by atoms with van der Waals surface area (Å²) in [6, 6.07) is 1.26. The van der Waals surface area contributed by atoms with Gasteiger partial charge in [0.15, 0.2) is 0 Å². The van der Waals surface area contributed by atoms with Crippen LogP contribution < -0.4 is 5.32 Å². The van der Waals surface area contributed by atoms with Gasteiger partial charge in [-0.05, 0) is 24.6 Å². The van der Waals surface area contributed by atoms with Crippen molar-refractivity contribution in [3.05, 3.63) is 28.8 Å². The van der Waals surface area contributed by atoms with Crippen LogP contribution in [0, 0.1) is 6.92 Å². The van der Waals surface area contributed by atoms with Gasteiger partial charge in [0.1, 0.15) is 0 Å². The van der Waals surface area contributed by atoms with Crippen molar-refractivity contribution >= 4 is 17.6 Å². The Balaban J connectivity index is 3.46. The molecule has 0 unspecified atom stereocenters.